The molecule has 0 saturated carbocycles. The van der Waals surface area contributed by atoms with Gasteiger partial charge < -0.3 is 0 Å². The van der Waals surface area contributed by atoms with Gasteiger partial charge in [0.25, 0.3) is 5.91 Å². The fraction of sp³-hybridized carbons (Fsp3) is 0.200. The summed E-state index contributed by atoms with van der Waals surface area (Å²) in [5, 5.41) is 0. The number of rotatable bonds is 4. The van der Waals surface area contributed by atoms with Crippen molar-refractivity contribution in [2.75, 3.05) is 0 Å². The van der Waals surface area contributed by atoms with Crippen LogP contribution >= 0.6 is 24.0 Å². The number of benzene rings is 2. The largest absolute Gasteiger partial charge is 0.286 e. The topological polar surface area (TPSA) is 20.3 Å². The third-order valence-electron chi connectivity index (χ3n) is 4.18. The zero-order valence-corrected chi connectivity index (χ0v) is 15.4. The Morgan fingerprint density at radius 1 is 1.12 bits per heavy atom. The highest BCUT2D eigenvalue weighted by molar-refractivity contribution is 8.26. The molecule has 0 unspecified atom stereocenters. The molecule has 0 radical (unpaired) electrons. The van der Waals surface area contributed by atoms with Crippen LogP contribution in [0.25, 0.3) is 6.08 Å². The highest BCUT2D eigenvalue weighted by Crippen LogP contribution is 2.37. The van der Waals surface area contributed by atoms with E-state index in [9.17, 15) is 4.79 Å². The lowest BCUT2D eigenvalue weighted by Crippen LogP contribution is -2.30. The van der Waals surface area contributed by atoms with Gasteiger partial charge in [0.1, 0.15) is 4.32 Å². The number of amides is 1. The fourth-order valence-corrected chi connectivity index (χ4v) is 4.11. The number of thioether (sulfide) groups is 1. The van der Waals surface area contributed by atoms with Crippen LogP contribution in [0.2, 0.25) is 0 Å². The number of hydrogen-bond donors (Lipinski definition) is 0. The molecule has 0 bridgehead atoms. The van der Waals surface area contributed by atoms with Crippen LogP contribution in [-0.2, 0) is 11.2 Å². The Kier molecular flexibility index (Phi) is 5.17. The maximum Gasteiger partial charge on any atom is 0.266 e. The van der Waals surface area contributed by atoms with Gasteiger partial charge in [-0.15, -0.1) is 0 Å². The van der Waals surface area contributed by atoms with Gasteiger partial charge in [-0.05, 0) is 36.1 Å². The second-order valence-corrected chi connectivity index (χ2v) is 7.41. The van der Waals surface area contributed by atoms with Crippen LogP contribution in [0.15, 0.2) is 59.5 Å². The molecule has 2 nitrogen and oxygen atoms in total. The number of nitrogens with zero attached hydrogens (tertiary/aromatic N) is 1. The molecule has 3 rings (SSSR count). The van der Waals surface area contributed by atoms with Crippen molar-refractivity contribution in [2.45, 2.75) is 26.3 Å². The van der Waals surface area contributed by atoms with E-state index in [0.29, 0.717) is 9.23 Å². The smallest absolute Gasteiger partial charge is 0.266 e. The minimum absolute atomic E-state index is 0.0130. The number of carbonyl (C=O) groups is 1. The molecule has 1 fully saturated rings. The lowest BCUT2D eigenvalue weighted by atomic mass is 10.1. The van der Waals surface area contributed by atoms with Crippen LogP contribution in [-0.4, -0.2) is 15.1 Å². The maximum absolute atomic E-state index is 12.8. The van der Waals surface area contributed by atoms with Gasteiger partial charge in [0.05, 0.1) is 10.9 Å². The minimum Gasteiger partial charge on any atom is -0.286 e. The van der Waals surface area contributed by atoms with Gasteiger partial charge in [0, 0.05) is 0 Å². The van der Waals surface area contributed by atoms with Gasteiger partial charge in [-0.1, -0.05) is 85.5 Å². The molecule has 2 aromatic rings. The summed E-state index contributed by atoms with van der Waals surface area (Å²) in [7, 11) is 0. The van der Waals surface area contributed by atoms with E-state index in [1.807, 2.05) is 55.5 Å². The van der Waals surface area contributed by atoms with Crippen molar-refractivity contribution in [3.63, 3.8) is 0 Å². The summed E-state index contributed by atoms with van der Waals surface area (Å²) in [5.41, 5.74) is 3.40. The van der Waals surface area contributed by atoms with E-state index in [1.165, 1.54) is 17.3 Å². The molecule has 0 spiro atoms. The summed E-state index contributed by atoms with van der Waals surface area (Å²) in [5.74, 6) is -0.0130. The zero-order valence-electron chi connectivity index (χ0n) is 13.7. The van der Waals surface area contributed by atoms with Crippen LogP contribution in [0.1, 0.15) is 36.6 Å². The SMILES string of the molecule is CCc1ccc(/C=C2\SC(=S)N([C@@H](C)c3ccccc3)C2=O)cc1. The summed E-state index contributed by atoms with van der Waals surface area (Å²) in [6, 6.07) is 18.2. The quantitative estimate of drug-likeness (QED) is 0.556. The first-order valence-electron chi connectivity index (χ1n) is 8.01. The van der Waals surface area contributed by atoms with E-state index in [0.717, 1.165) is 17.5 Å². The monoisotopic (exact) mass is 353 g/mol. The van der Waals surface area contributed by atoms with Crippen molar-refractivity contribution in [1.82, 2.24) is 4.90 Å². The first-order chi connectivity index (χ1) is 11.6. The second-order valence-electron chi connectivity index (χ2n) is 5.73. The lowest BCUT2D eigenvalue weighted by Gasteiger charge is -2.23. The molecule has 122 valence electrons. The van der Waals surface area contributed by atoms with E-state index in [2.05, 4.69) is 19.1 Å². The summed E-state index contributed by atoms with van der Waals surface area (Å²) in [6.45, 7) is 4.14. The zero-order chi connectivity index (χ0) is 17.1. The third kappa shape index (κ3) is 3.45. The number of carbonyl (C=O) groups excluding carboxylic acids is 1. The molecule has 24 heavy (non-hydrogen) atoms. The van der Waals surface area contributed by atoms with Crippen LogP contribution in [0.5, 0.6) is 0 Å². The van der Waals surface area contributed by atoms with E-state index in [-0.39, 0.29) is 11.9 Å². The van der Waals surface area contributed by atoms with Gasteiger partial charge in [0.15, 0.2) is 0 Å². The molecule has 1 heterocycles. The van der Waals surface area contributed by atoms with Crippen molar-refractivity contribution >= 4 is 40.3 Å². The highest BCUT2D eigenvalue weighted by Gasteiger charge is 2.35. The highest BCUT2D eigenvalue weighted by atomic mass is 32.2. The molecular weight excluding hydrogens is 334 g/mol. The molecule has 1 saturated heterocycles. The van der Waals surface area contributed by atoms with E-state index >= 15 is 0 Å². The van der Waals surface area contributed by atoms with E-state index in [4.69, 9.17) is 12.2 Å². The third-order valence-corrected chi connectivity index (χ3v) is 5.51. The van der Waals surface area contributed by atoms with E-state index < -0.39 is 0 Å². The molecular formula is C20H19NOS2. The average Bonchev–Trinajstić information content (AvgIpc) is 2.89. The van der Waals surface area contributed by atoms with Crippen molar-refractivity contribution in [3.8, 4) is 0 Å². The molecule has 1 aliphatic heterocycles. The van der Waals surface area contributed by atoms with Crippen LogP contribution in [0, 0.1) is 0 Å². The summed E-state index contributed by atoms with van der Waals surface area (Å²) >= 11 is 6.83. The van der Waals surface area contributed by atoms with Gasteiger partial charge in [-0.25, -0.2) is 0 Å². The van der Waals surface area contributed by atoms with Crippen molar-refractivity contribution in [3.05, 3.63) is 76.2 Å². The Hall–Kier alpha value is -1.91. The Morgan fingerprint density at radius 3 is 2.42 bits per heavy atom. The van der Waals surface area contributed by atoms with Crippen LogP contribution in [0.4, 0.5) is 0 Å². The predicted octanol–water partition coefficient (Wildman–Crippen LogP) is 5.21. The summed E-state index contributed by atoms with van der Waals surface area (Å²) in [4.78, 5) is 15.2. The van der Waals surface area contributed by atoms with Gasteiger partial charge >= 0.3 is 0 Å². The maximum atomic E-state index is 12.8. The Morgan fingerprint density at radius 2 is 1.79 bits per heavy atom. The minimum atomic E-state index is -0.0629. The fourth-order valence-electron chi connectivity index (χ4n) is 2.70. The Bertz CT molecular complexity index is 781. The van der Waals surface area contributed by atoms with Gasteiger partial charge in [-0.3, -0.25) is 9.69 Å². The molecule has 4 heteroatoms. The first-order valence-corrected chi connectivity index (χ1v) is 9.23. The number of aryl methyl sites for hydroxylation is 1. The molecule has 0 aromatic heterocycles. The Labute approximate surface area is 152 Å². The van der Waals surface area contributed by atoms with Crippen LogP contribution in [0.3, 0.4) is 0 Å². The predicted molar refractivity (Wildman–Crippen MR) is 106 cm³/mol. The van der Waals surface area contributed by atoms with Crippen molar-refractivity contribution < 1.29 is 4.79 Å². The number of hydrogen-bond acceptors (Lipinski definition) is 3. The van der Waals surface area contributed by atoms with Gasteiger partial charge in [-0.2, -0.15) is 0 Å². The standard InChI is InChI=1S/C20H19NOS2/c1-3-15-9-11-16(12-10-15)13-18-19(22)21(20(23)24-18)14(2)17-7-5-4-6-8-17/h4-14H,3H2,1-2H3/b18-13-/t14-/m0/s1. The molecule has 1 amide bonds. The van der Waals surface area contributed by atoms with E-state index in [1.54, 1.807) is 4.90 Å². The van der Waals surface area contributed by atoms with Crippen molar-refractivity contribution in [2.24, 2.45) is 0 Å². The lowest BCUT2D eigenvalue weighted by molar-refractivity contribution is -0.123. The Balaban J connectivity index is 1.84. The molecule has 0 aliphatic carbocycles. The molecule has 1 aliphatic rings. The number of thiocarbonyl (C=S) groups is 1. The van der Waals surface area contributed by atoms with Crippen molar-refractivity contribution in [1.29, 1.82) is 0 Å². The van der Waals surface area contributed by atoms with Gasteiger partial charge in [0.2, 0.25) is 0 Å². The van der Waals surface area contributed by atoms with Crippen LogP contribution < -0.4 is 0 Å². The molecule has 0 N–H and O–H groups in total. The average molecular weight is 354 g/mol. The second kappa shape index (κ2) is 7.32. The normalized spacial score (nSPS) is 17.6. The summed E-state index contributed by atoms with van der Waals surface area (Å²) in [6.07, 6.45) is 2.94. The summed E-state index contributed by atoms with van der Waals surface area (Å²) < 4.78 is 0.618. The first kappa shape index (κ1) is 16.9. The molecule has 2 aromatic carbocycles. The molecule has 1 atom stereocenters.